The van der Waals surface area contributed by atoms with E-state index in [9.17, 15) is 19.8 Å². The SMILES string of the molecule is C[C@]12CCC3c4ccc(O)cc4CCC3C1C[C@@H](CC=CC(=O)OCC1=CCCCC1=O)[C@@H]2O. The zero-order valence-corrected chi connectivity index (χ0v) is 20.0. The molecule has 0 aliphatic heterocycles. The molecule has 1 aromatic carbocycles. The first-order valence-electron chi connectivity index (χ1n) is 12.9. The van der Waals surface area contributed by atoms with Crippen molar-refractivity contribution in [2.45, 2.75) is 76.7 Å². The van der Waals surface area contributed by atoms with Crippen LogP contribution in [-0.2, 0) is 20.7 Å². The minimum Gasteiger partial charge on any atom is -0.508 e. The third-order valence-electron chi connectivity index (χ3n) is 9.25. The van der Waals surface area contributed by atoms with Gasteiger partial charge in [0, 0.05) is 18.1 Å². The minimum atomic E-state index is -0.428. The molecule has 0 saturated heterocycles. The van der Waals surface area contributed by atoms with Gasteiger partial charge >= 0.3 is 5.97 Å². The number of esters is 1. The van der Waals surface area contributed by atoms with Crippen molar-refractivity contribution in [1.82, 2.24) is 0 Å². The van der Waals surface area contributed by atoms with E-state index in [0.29, 0.717) is 41.9 Å². The third-order valence-corrected chi connectivity index (χ3v) is 9.25. The summed E-state index contributed by atoms with van der Waals surface area (Å²) < 4.78 is 5.28. The van der Waals surface area contributed by atoms with Crippen LogP contribution in [0.2, 0.25) is 0 Å². The van der Waals surface area contributed by atoms with Crippen LogP contribution >= 0.6 is 0 Å². The first kappa shape index (κ1) is 23.3. The van der Waals surface area contributed by atoms with Crippen LogP contribution in [0.3, 0.4) is 0 Å². The molecule has 4 aliphatic carbocycles. The average molecular weight is 465 g/mol. The molecule has 2 N–H and O–H groups in total. The number of ketones is 1. The molecule has 0 heterocycles. The number of aliphatic hydroxyl groups is 1. The summed E-state index contributed by atoms with van der Waals surface area (Å²) in [6, 6.07) is 5.85. The monoisotopic (exact) mass is 464 g/mol. The Bertz CT molecular complexity index is 1020. The van der Waals surface area contributed by atoms with E-state index in [4.69, 9.17) is 4.74 Å². The number of phenols is 1. The van der Waals surface area contributed by atoms with Crippen molar-refractivity contribution in [2.24, 2.45) is 23.2 Å². The van der Waals surface area contributed by atoms with Crippen LogP contribution < -0.4 is 0 Å². The minimum absolute atomic E-state index is 0.0521. The first-order valence-corrected chi connectivity index (χ1v) is 12.9. The molecule has 4 aliphatic rings. The van der Waals surface area contributed by atoms with Crippen molar-refractivity contribution in [3.05, 3.63) is 53.1 Å². The number of fused-ring (bicyclic) bond motifs is 5. The van der Waals surface area contributed by atoms with Crippen LogP contribution in [0.4, 0.5) is 0 Å². The van der Waals surface area contributed by atoms with Gasteiger partial charge in [-0.1, -0.05) is 25.1 Å². The number of rotatable bonds is 5. The molecular weight excluding hydrogens is 428 g/mol. The molecule has 34 heavy (non-hydrogen) atoms. The molecule has 182 valence electrons. The largest absolute Gasteiger partial charge is 0.508 e. The Kier molecular flexibility index (Phi) is 6.41. The second kappa shape index (κ2) is 9.33. The van der Waals surface area contributed by atoms with Crippen molar-refractivity contribution in [2.75, 3.05) is 6.61 Å². The third kappa shape index (κ3) is 4.24. The van der Waals surface area contributed by atoms with E-state index in [1.807, 2.05) is 24.3 Å². The molecule has 0 aromatic heterocycles. The van der Waals surface area contributed by atoms with E-state index in [0.717, 1.165) is 44.9 Å². The highest BCUT2D eigenvalue weighted by Gasteiger charge is 2.57. The zero-order chi connectivity index (χ0) is 23.9. The van der Waals surface area contributed by atoms with Crippen LogP contribution in [0.25, 0.3) is 0 Å². The lowest BCUT2D eigenvalue weighted by molar-refractivity contribution is -0.137. The number of carbonyl (C=O) groups excluding carboxylic acids is 2. The van der Waals surface area contributed by atoms with Crippen LogP contribution in [0.5, 0.6) is 5.75 Å². The maximum atomic E-state index is 12.2. The first-order chi connectivity index (χ1) is 16.4. The second-order valence-electron chi connectivity index (χ2n) is 11.1. The molecule has 0 bridgehead atoms. The van der Waals surface area contributed by atoms with E-state index in [-0.39, 0.29) is 29.8 Å². The van der Waals surface area contributed by atoms with Crippen molar-refractivity contribution in [1.29, 1.82) is 0 Å². The number of aromatic hydroxyl groups is 1. The predicted octanol–water partition coefficient (Wildman–Crippen LogP) is 5.00. The Morgan fingerprint density at radius 3 is 2.94 bits per heavy atom. The number of hydrogen-bond donors (Lipinski definition) is 2. The summed E-state index contributed by atoms with van der Waals surface area (Å²) >= 11 is 0. The standard InChI is InChI=1S/C29H36O5/c1-29-14-13-23-22-12-10-21(30)15-18(22)9-11-24(23)25(29)16-19(28(29)33)6-4-8-27(32)34-17-20-5-2-3-7-26(20)31/h4-5,8,10,12,15,19,23-25,28,30,33H,2-3,6-7,9,11,13-14,16-17H2,1H3/t19-,23?,24?,25?,28+,29+/m1/s1. The smallest absolute Gasteiger partial charge is 0.330 e. The molecule has 2 saturated carbocycles. The van der Waals surface area contributed by atoms with E-state index < -0.39 is 5.97 Å². The summed E-state index contributed by atoms with van der Waals surface area (Å²) in [6.45, 7) is 2.31. The van der Waals surface area contributed by atoms with E-state index in [1.165, 1.54) is 17.2 Å². The Labute approximate surface area is 201 Å². The number of aliphatic hydroxyl groups excluding tert-OH is 1. The lowest BCUT2D eigenvalue weighted by Gasteiger charge is -2.50. The summed E-state index contributed by atoms with van der Waals surface area (Å²) in [5.41, 5.74) is 3.20. The zero-order valence-electron chi connectivity index (χ0n) is 20.0. The number of allylic oxidation sites excluding steroid dienone is 2. The fourth-order valence-corrected chi connectivity index (χ4v) is 7.44. The van der Waals surface area contributed by atoms with Crippen LogP contribution in [-0.4, -0.2) is 34.7 Å². The fraction of sp³-hybridized carbons (Fsp3) is 0.586. The van der Waals surface area contributed by atoms with Gasteiger partial charge in [-0.3, -0.25) is 4.79 Å². The van der Waals surface area contributed by atoms with E-state index in [2.05, 4.69) is 13.0 Å². The average Bonchev–Trinajstić information content (AvgIpc) is 3.08. The van der Waals surface area contributed by atoms with Gasteiger partial charge in [0.1, 0.15) is 12.4 Å². The highest BCUT2D eigenvalue weighted by molar-refractivity contribution is 5.96. The normalized spacial score (nSPS) is 34.8. The van der Waals surface area contributed by atoms with Gasteiger partial charge in [-0.2, -0.15) is 0 Å². The highest BCUT2D eigenvalue weighted by Crippen LogP contribution is 2.62. The summed E-state index contributed by atoms with van der Waals surface area (Å²) in [4.78, 5) is 24.0. The van der Waals surface area contributed by atoms with Crippen LogP contribution in [0.1, 0.15) is 75.3 Å². The molecule has 0 radical (unpaired) electrons. The molecule has 0 amide bonds. The van der Waals surface area contributed by atoms with Crippen LogP contribution in [0.15, 0.2) is 42.0 Å². The van der Waals surface area contributed by atoms with Gasteiger partial charge in [-0.05, 0) is 104 Å². The topological polar surface area (TPSA) is 83.8 Å². The molecule has 5 heteroatoms. The van der Waals surface area contributed by atoms with Crippen molar-refractivity contribution in [3.63, 3.8) is 0 Å². The Morgan fingerprint density at radius 2 is 2.12 bits per heavy atom. The molecule has 5 nitrogen and oxygen atoms in total. The van der Waals surface area contributed by atoms with Crippen LogP contribution in [0, 0.1) is 23.2 Å². The van der Waals surface area contributed by atoms with Gasteiger partial charge in [-0.15, -0.1) is 0 Å². The Balaban J connectivity index is 1.20. The van der Waals surface area contributed by atoms with Gasteiger partial charge in [0.05, 0.1) is 6.10 Å². The predicted molar refractivity (Wildman–Crippen MR) is 129 cm³/mol. The van der Waals surface area contributed by atoms with Crippen molar-refractivity contribution in [3.8, 4) is 5.75 Å². The van der Waals surface area contributed by atoms with Gasteiger partial charge in [-0.25, -0.2) is 4.79 Å². The lowest BCUT2D eigenvalue weighted by atomic mass is 9.55. The summed E-state index contributed by atoms with van der Waals surface area (Å²) in [7, 11) is 0. The van der Waals surface area contributed by atoms with Gasteiger partial charge in [0.2, 0.25) is 0 Å². The number of ether oxygens (including phenoxy) is 1. The molecule has 1 aromatic rings. The fourth-order valence-electron chi connectivity index (χ4n) is 7.44. The van der Waals surface area contributed by atoms with E-state index in [1.54, 1.807) is 0 Å². The molecular formula is C29H36O5. The molecule has 0 spiro atoms. The number of Topliss-reactive ketones (excluding diaryl/α,β-unsaturated/α-hetero) is 1. The highest BCUT2D eigenvalue weighted by atomic mass is 16.5. The van der Waals surface area contributed by atoms with Gasteiger partial charge in [0.25, 0.3) is 0 Å². The van der Waals surface area contributed by atoms with E-state index >= 15 is 0 Å². The van der Waals surface area contributed by atoms with Gasteiger partial charge in [0.15, 0.2) is 5.78 Å². The quantitative estimate of drug-likeness (QED) is 0.473. The number of aryl methyl sites for hydroxylation is 1. The molecule has 3 unspecified atom stereocenters. The number of hydrogen-bond acceptors (Lipinski definition) is 5. The Hall–Kier alpha value is -2.40. The molecule has 5 rings (SSSR count). The maximum Gasteiger partial charge on any atom is 0.330 e. The molecule has 6 atom stereocenters. The summed E-state index contributed by atoms with van der Waals surface area (Å²) in [6.07, 6.45) is 12.9. The van der Waals surface area contributed by atoms with Crippen molar-refractivity contribution >= 4 is 11.8 Å². The lowest BCUT2D eigenvalue weighted by Crippen LogP contribution is -2.44. The molecule has 2 fully saturated rings. The Morgan fingerprint density at radius 1 is 1.26 bits per heavy atom. The van der Waals surface area contributed by atoms with Gasteiger partial charge < -0.3 is 14.9 Å². The summed E-state index contributed by atoms with van der Waals surface area (Å²) in [5, 5.41) is 21.2. The number of phenolic OH excluding ortho intramolecular Hbond substituents is 1. The maximum absolute atomic E-state index is 12.2. The summed E-state index contributed by atoms with van der Waals surface area (Å²) in [5.74, 6) is 1.68. The van der Waals surface area contributed by atoms with Crippen molar-refractivity contribution < 1.29 is 24.5 Å². The number of carbonyl (C=O) groups is 2. The second-order valence-corrected chi connectivity index (χ2v) is 11.1. The number of benzene rings is 1.